The molecule has 0 saturated carbocycles. The van der Waals surface area contributed by atoms with Crippen molar-refractivity contribution in [2.75, 3.05) is 31.6 Å². The van der Waals surface area contributed by atoms with Crippen molar-refractivity contribution in [1.29, 1.82) is 0 Å². The molecule has 1 saturated heterocycles. The highest BCUT2D eigenvalue weighted by Crippen LogP contribution is 2.36. The molecule has 1 atom stereocenters. The number of hydrogen-bond acceptors (Lipinski definition) is 6. The van der Waals surface area contributed by atoms with Crippen LogP contribution in [0.5, 0.6) is 0 Å². The molecule has 1 unspecified atom stereocenters. The Hall–Kier alpha value is -2.45. The summed E-state index contributed by atoms with van der Waals surface area (Å²) in [4.78, 5) is 21.6. The third kappa shape index (κ3) is 4.32. The number of primary amides is 1. The van der Waals surface area contributed by atoms with E-state index in [4.69, 9.17) is 15.5 Å². The molecular formula is C23H34N6O2. The molecule has 2 aliphatic heterocycles. The molecule has 2 aromatic rings. The SMILES string of the molecule is COC1CCN(c2cc(C(N)=O)nc3c2CCN(Cc2ccnn2C(C)C)C3C)CC1. The molecule has 1 fully saturated rings. The zero-order valence-corrected chi connectivity index (χ0v) is 19.0. The Morgan fingerprint density at radius 1 is 1.29 bits per heavy atom. The second kappa shape index (κ2) is 8.96. The summed E-state index contributed by atoms with van der Waals surface area (Å²) in [5.74, 6) is -0.474. The van der Waals surface area contributed by atoms with Gasteiger partial charge in [0.05, 0.1) is 23.5 Å². The minimum Gasteiger partial charge on any atom is -0.381 e. The summed E-state index contributed by atoms with van der Waals surface area (Å²) in [6.45, 7) is 10.0. The van der Waals surface area contributed by atoms with Crippen LogP contribution >= 0.6 is 0 Å². The molecule has 2 aromatic heterocycles. The lowest BCUT2D eigenvalue weighted by molar-refractivity contribution is 0.0818. The Labute approximate surface area is 184 Å². The molecule has 168 valence electrons. The van der Waals surface area contributed by atoms with Crippen LogP contribution in [0.4, 0.5) is 5.69 Å². The van der Waals surface area contributed by atoms with E-state index >= 15 is 0 Å². The number of aromatic nitrogens is 3. The molecule has 2 aliphatic rings. The average Bonchev–Trinajstić information content (AvgIpc) is 3.23. The van der Waals surface area contributed by atoms with Gasteiger partial charge in [-0.1, -0.05) is 0 Å². The summed E-state index contributed by atoms with van der Waals surface area (Å²) >= 11 is 0. The van der Waals surface area contributed by atoms with Crippen molar-refractivity contribution in [2.24, 2.45) is 5.73 Å². The second-order valence-corrected chi connectivity index (χ2v) is 8.93. The van der Waals surface area contributed by atoms with Crippen molar-refractivity contribution in [3.8, 4) is 0 Å². The van der Waals surface area contributed by atoms with Crippen LogP contribution in [0, 0.1) is 0 Å². The number of carbonyl (C=O) groups is 1. The molecular weight excluding hydrogens is 392 g/mol. The number of nitrogens with two attached hydrogens (primary N) is 1. The quantitative estimate of drug-likeness (QED) is 0.764. The number of fused-ring (bicyclic) bond motifs is 1. The summed E-state index contributed by atoms with van der Waals surface area (Å²) in [7, 11) is 1.78. The molecule has 8 nitrogen and oxygen atoms in total. The van der Waals surface area contributed by atoms with Gasteiger partial charge in [-0.2, -0.15) is 5.10 Å². The van der Waals surface area contributed by atoms with Gasteiger partial charge in [0.15, 0.2) is 0 Å². The van der Waals surface area contributed by atoms with E-state index < -0.39 is 5.91 Å². The van der Waals surface area contributed by atoms with E-state index in [2.05, 4.69) is 46.4 Å². The lowest BCUT2D eigenvalue weighted by Gasteiger charge is -2.39. The molecule has 2 N–H and O–H groups in total. The van der Waals surface area contributed by atoms with Gasteiger partial charge < -0.3 is 15.4 Å². The van der Waals surface area contributed by atoms with E-state index in [0.717, 1.165) is 56.8 Å². The smallest absolute Gasteiger partial charge is 0.267 e. The first-order valence-electron chi connectivity index (χ1n) is 11.3. The zero-order valence-electron chi connectivity index (χ0n) is 19.0. The van der Waals surface area contributed by atoms with Crippen molar-refractivity contribution in [1.82, 2.24) is 19.7 Å². The van der Waals surface area contributed by atoms with Crippen LogP contribution in [0.3, 0.4) is 0 Å². The van der Waals surface area contributed by atoms with Gasteiger partial charge >= 0.3 is 0 Å². The van der Waals surface area contributed by atoms with Crippen LogP contribution in [0.2, 0.25) is 0 Å². The first-order chi connectivity index (χ1) is 14.9. The number of rotatable bonds is 6. The predicted octanol–water partition coefficient (Wildman–Crippen LogP) is 2.69. The van der Waals surface area contributed by atoms with Gasteiger partial charge in [0.2, 0.25) is 0 Å². The molecule has 1 amide bonds. The van der Waals surface area contributed by atoms with E-state index in [0.29, 0.717) is 17.8 Å². The number of amides is 1. The monoisotopic (exact) mass is 426 g/mol. The molecule has 8 heteroatoms. The number of hydrogen-bond donors (Lipinski definition) is 1. The van der Waals surface area contributed by atoms with Gasteiger partial charge in [-0.05, 0) is 57.7 Å². The summed E-state index contributed by atoms with van der Waals surface area (Å²) in [6, 6.07) is 4.39. The number of carbonyl (C=O) groups excluding carboxylic acids is 1. The van der Waals surface area contributed by atoms with E-state index in [-0.39, 0.29) is 6.04 Å². The lowest BCUT2D eigenvalue weighted by atomic mass is 9.94. The minimum absolute atomic E-state index is 0.0915. The maximum atomic E-state index is 12.1. The van der Waals surface area contributed by atoms with Crippen molar-refractivity contribution in [3.05, 3.63) is 41.0 Å². The fourth-order valence-electron chi connectivity index (χ4n) is 4.90. The lowest BCUT2D eigenvalue weighted by Crippen LogP contribution is -2.40. The van der Waals surface area contributed by atoms with Gasteiger partial charge in [-0.15, -0.1) is 0 Å². The van der Waals surface area contributed by atoms with Crippen LogP contribution in [-0.2, 0) is 17.7 Å². The Balaban J connectivity index is 1.64. The Kier molecular flexibility index (Phi) is 6.29. The standard InChI is InChI=1S/C23H34N6O2/c1-15(2)29-17(5-9-25-29)14-28-12-8-19-21(27-10-6-18(31-4)7-11-27)13-20(23(24)30)26-22(19)16(28)3/h5,9,13,15-16,18H,6-8,10-12,14H2,1-4H3,(H2,24,30). The molecule has 4 heterocycles. The molecule has 31 heavy (non-hydrogen) atoms. The minimum atomic E-state index is -0.474. The molecule has 0 radical (unpaired) electrons. The van der Waals surface area contributed by atoms with Gasteiger partial charge in [-0.25, -0.2) is 4.98 Å². The normalized spacial score (nSPS) is 20.3. The number of anilines is 1. The number of piperidine rings is 1. The predicted molar refractivity (Wildman–Crippen MR) is 120 cm³/mol. The summed E-state index contributed by atoms with van der Waals surface area (Å²) in [5, 5.41) is 4.47. The van der Waals surface area contributed by atoms with Gasteiger partial charge in [0.25, 0.3) is 5.91 Å². The summed E-state index contributed by atoms with van der Waals surface area (Å²) in [6.07, 6.45) is 5.05. The Bertz CT molecular complexity index is 932. The van der Waals surface area contributed by atoms with Crippen LogP contribution < -0.4 is 10.6 Å². The fourth-order valence-corrected chi connectivity index (χ4v) is 4.90. The van der Waals surface area contributed by atoms with Crippen LogP contribution in [-0.4, -0.2) is 58.4 Å². The number of pyridine rings is 1. The van der Waals surface area contributed by atoms with Gasteiger partial charge in [0.1, 0.15) is 5.69 Å². The maximum Gasteiger partial charge on any atom is 0.267 e. The Morgan fingerprint density at radius 2 is 2.03 bits per heavy atom. The van der Waals surface area contributed by atoms with E-state index in [1.54, 1.807) is 7.11 Å². The Morgan fingerprint density at radius 3 is 2.68 bits per heavy atom. The van der Waals surface area contributed by atoms with E-state index in [1.165, 1.54) is 11.3 Å². The van der Waals surface area contributed by atoms with Crippen molar-refractivity contribution in [2.45, 2.75) is 64.8 Å². The highest BCUT2D eigenvalue weighted by atomic mass is 16.5. The van der Waals surface area contributed by atoms with Crippen LogP contribution in [0.1, 0.15) is 73.1 Å². The summed E-state index contributed by atoms with van der Waals surface area (Å²) < 4.78 is 7.60. The molecule has 0 aliphatic carbocycles. The van der Waals surface area contributed by atoms with Gasteiger partial charge in [-0.3, -0.25) is 14.4 Å². The number of ether oxygens (including phenoxy) is 1. The first kappa shape index (κ1) is 21.8. The van der Waals surface area contributed by atoms with Gasteiger partial charge in [0, 0.05) is 51.2 Å². The largest absolute Gasteiger partial charge is 0.381 e. The number of methoxy groups -OCH3 is 1. The van der Waals surface area contributed by atoms with Crippen LogP contribution in [0.25, 0.3) is 0 Å². The van der Waals surface area contributed by atoms with Crippen molar-refractivity contribution < 1.29 is 9.53 Å². The highest BCUT2D eigenvalue weighted by Gasteiger charge is 2.31. The van der Waals surface area contributed by atoms with Crippen molar-refractivity contribution >= 4 is 11.6 Å². The topological polar surface area (TPSA) is 89.5 Å². The van der Waals surface area contributed by atoms with E-state index in [9.17, 15) is 4.79 Å². The van der Waals surface area contributed by atoms with Crippen LogP contribution in [0.15, 0.2) is 18.3 Å². The highest BCUT2D eigenvalue weighted by molar-refractivity contribution is 5.92. The zero-order chi connectivity index (χ0) is 22.1. The van der Waals surface area contributed by atoms with E-state index in [1.807, 2.05) is 12.3 Å². The molecule has 0 spiro atoms. The third-order valence-corrected chi connectivity index (χ3v) is 6.70. The fraction of sp³-hybridized carbons (Fsp3) is 0.609. The molecule has 0 aromatic carbocycles. The first-order valence-corrected chi connectivity index (χ1v) is 11.3. The number of nitrogens with zero attached hydrogens (tertiary/aromatic N) is 5. The molecule has 0 bridgehead atoms. The summed E-state index contributed by atoms with van der Waals surface area (Å²) in [5.41, 5.74) is 10.6. The molecule has 4 rings (SSSR count). The third-order valence-electron chi connectivity index (χ3n) is 6.70. The average molecular weight is 427 g/mol. The van der Waals surface area contributed by atoms with Crippen molar-refractivity contribution in [3.63, 3.8) is 0 Å². The second-order valence-electron chi connectivity index (χ2n) is 8.93. The maximum absolute atomic E-state index is 12.1.